The molecule has 1 aromatic heterocycles. The summed E-state index contributed by atoms with van der Waals surface area (Å²) in [6.45, 7) is 3.65. The van der Waals surface area contributed by atoms with Gasteiger partial charge in [0.15, 0.2) is 9.84 Å². The normalized spacial score (nSPS) is 11.3. The Bertz CT molecular complexity index is 757. The molecule has 0 amide bonds. The third kappa shape index (κ3) is 2.88. The summed E-state index contributed by atoms with van der Waals surface area (Å²) in [6, 6.07) is 4.89. The minimum Gasteiger partial charge on any atom is -0.383 e. The number of aryl methyl sites for hydroxylation is 1. The number of nitrogen functional groups attached to an aromatic ring is 1. The van der Waals surface area contributed by atoms with E-state index in [-0.39, 0.29) is 0 Å². The fourth-order valence-corrected chi connectivity index (χ4v) is 2.43. The topological polar surface area (TPSA) is 98.0 Å². The third-order valence-corrected chi connectivity index (χ3v) is 4.11. The van der Waals surface area contributed by atoms with Crippen LogP contribution in [-0.2, 0) is 9.84 Å². The summed E-state index contributed by atoms with van der Waals surface area (Å²) in [5.74, 6) is 1.01. The van der Waals surface area contributed by atoms with Crippen LogP contribution in [0.25, 0.3) is 0 Å². The van der Waals surface area contributed by atoms with Crippen LogP contribution >= 0.6 is 0 Å². The van der Waals surface area contributed by atoms with Gasteiger partial charge in [0.25, 0.3) is 0 Å². The highest BCUT2D eigenvalue weighted by atomic mass is 32.2. The molecule has 6 nitrogen and oxygen atoms in total. The van der Waals surface area contributed by atoms with Crippen LogP contribution in [0.1, 0.15) is 11.1 Å². The number of hydrogen-bond acceptors (Lipinski definition) is 6. The van der Waals surface area contributed by atoms with Crippen molar-refractivity contribution in [2.45, 2.75) is 18.7 Å². The van der Waals surface area contributed by atoms with Gasteiger partial charge in [0.05, 0.1) is 4.90 Å². The summed E-state index contributed by atoms with van der Waals surface area (Å²) in [4.78, 5) is 8.31. The second-order valence-electron chi connectivity index (χ2n) is 4.61. The van der Waals surface area contributed by atoms with Gasteiger partial charge >= 0.3 is 0 Å². The molecule has 2 aromatic rings. The number of anilines is 3. The Morgan fingerprint density at radius 3 is 2.50 bits per heavy atom. The number of nitrogens with zero attached hydrogens (tertiary/aromatic N) is 2. The van der Waals surface area contributed by atoms with Crippen molar-refractivity contribution in [1.82, 2.24) is 9.97 Å². The van der Waals surface area contributed by atoms with Crippen molar-refractivity contribution in [3.05, 3.63) is 35.7 Å². The van der Waals surface area contributed by atoms with Crippen LogP contribution in [0.3, 0.4) is 0 Å². The van der Waals surface area contributed by atoms with Gasteiger partial charge < -0.3 is 11.1 Å². The van der Waals surface area contributed by atoms with Crippen molar-refractivity contribution >= 4 is 27.2 Å². The van der Waals surface area contributed by atoms with Crippen molar-refractivity contribution in [2.75, 3.05) is 17.3 Å². The molecule has 0 unspecified atom stereocenters. The van der Waals surface area contributed by atoms with Crippen LogP contribution in [0.2, 0.25) is 0 Å². The molecule has 0 saturated heterocycles. The fourth-order valence-electron chi connectivity index (χ4n) is 1.72. The smallest absolute Gasteiger partial charge is 0.175 e. The second-order valence-corrected chi connectivity index (χ2v) is 6.62. The van der Waals surface area contributed by atoms with Crippen molar-refractivity contribution in [1.29, 1.82) is 0 Å². The summed E-state index contributed by atoms with van der Waals surface area (Å²) in [7, 11) is -3.20. The first kappa shape index (κ1) is 14.3. The maximum Gasteiger partial charge on any atom is 0.175 e. The SMILES string of the molecule is Cc1cc(S(C)(=O)=O)ccc1Nc1ncnc(N)c1C. The predicted octanol–water partition coefficient (Wildman–Crippen LogP) is 1.82. The van der Waals surface area contributed by atoms with Crippen LogP contribution in [0, 0.1) is 13.8 Å². The monoisotopic (exact) mass is 292 g/mol. The highest BCUT2D eigenvalue weighted by molar-refractivity contribution is 7.90. The molecule has 2 rings (SSSR count). The van der Waals surface area contributed by atoms with E-state index < -0.39 is 9.84 Å². The molecule has 106 valence electrons. The van der Waals surface area contributed by atoms with E-state index in [1.807, 2.05) is 13.8 Å². The zero-order valence-electron chi connectivity index (χ0n) is 11.5. The summed E-state index contributed by atoms with van der Waals surface area (Å²) < 4.78 is 23.0. The van der Waals surface area contributed by atoms with Gasteiger partial charge in [0.1, 0.15) is 18.0 Å². The molecule has 0 bridgehead atoms. The van der Waals surface area contributed by atoms with Gasteiger partial charge in [0.2, 0.25) is 0 Å². The number of sulfone groups is 1. The van der Waals surface area contributed by atoms with E-state index in [9.17, 15) is 8.42 Å². The molecule has 0 saturated carbocycles. The summed E-state index contributed by atoms with van der Waals surface area (Å²) in [5.41, 5.74) is 8.06. The average Bonchev–Trinajstić information content (AvgIpc) is 2.36. The van der Waals surface area contributed by atoms with Crippen LogP contribution in [0.5, 0.6) is 0 Å². The van der Waals surface area contributed by atoms with Gasteiger partial charge in [-0.2, -0.15) is 0 Å². The molecule has 0 fully saturated rings. The summed E-state index contributed by atoms with van der Waals surface area (Å²) in [6.07, 6.45) is 2.56. The Morgan fingerprint density at radius 2 is 1.90 bits per heavy atom. The van der Waals surface area contributed by atoms with Gasteiger partial charge in [-0.15, -0.1) is 0 Å². The van der Waals surface area contributed by atoms with Crippen molar-refractivity contribution in [2.24, 2.45) is 0 Å². The van der Waals surface area contributed by atoms with Crippen LogP contribution in [-0.4, -0.2) is 24.6 Å². The molecule has 0 atom stereocenters. The number of rotatable bonds is 3. The molecular formula is C13H16N4O2S. The lowest BCUT2D eigenvalue weighted by molar-refractivity contribution is 0.602. The number of nitrogens with one attached hydrogen (secondary N) is 1. The number of nitrogens with two attached hydrogens (primary N) is 1. The minimum absolute atomic E-state index is 0.291. The molecule has 0 aliphatic heterocycles. The van der Waals surface area contributed by atoms with E-state index in [0.29, 0.717) is 16.5 Å². The molecular weight excluding hydrogens is 276 g/mol. The van der Waals surface area contributed by atoms with Gasteiger partial charge in [-0.25, -0.2) is 18.4 Å². The third-order valence-electron chi connectivity index (χ3n) is 3.00. The lowest BCUT2D eigenvalue weighted by Crippen LogP contribution is -2.04. The first-order valence-corrected chi connectivity index (χ1v) is 7.83. The number of hydrogen-bond donors (Lipinski definition) is 2. The Morgan fingerprint density at radius 1 is 1.20 bits per heavy atom. The van der Waals surface area contributed by atoms with Gasteiger partial charge in [-0.05, 0) is 37.6 Å². The van der Waals surface area contributed by atoms with Crippen molar-refractivity contribution in [3.63, 3.8) is 0 Å². The largest absolute Gasteiger partial charge is 0.383 e. The lowest BCUT2D eigenvalue weighted by atomic mass is 10.2. The van der Waals surface area contributed by atoms with Crippen molar-refractivity contribution in [3.8, 4) is 0 Å². The van der Waals surface area contributed by atoms with E-state index in [4.69, 9.17) is 5.73 Å². The number of benzene rings is 1. The van der Waals surface area contributed by atoms with Gasteiger partial charge in [0, 0.05) is 17.5 Å². The molecule has 7 heteroatoms. The molecule has 1 aromatic carbocycles. The lowest BCUT2D eigenvalue weighted by Gasteiger charge is -2.12. The zero-order valence-corrected chi connectivity index (χ0v) is 12.3. The molecule has 20 heavy (non-hydrogen) atoms. The number of aromatic nitrogens is 2. The van der Waals surface area contributed by atoms with E-state index in [1.54, 1.807) is 18.2 Å². The maximum atomic E-state index is 11.5. The molecule has 0 radical (unpaired) electrons. The summed E-state index contributed by atoms with van der Waals surface area (Å²) >= 11 is 0. The Labute approximate surface area is 118 Å². The van der Waals surface area contributed by atoms with E-state index in [0.717, 1.165) is 16.8 Å². The van der Waals surface area contributed by atoms with E-state index in [1.165, 1.54) is 12.6 Å². The average molecular weight is 292 g/mol. The Balaban J connectivity index is 2.38. The Hall–Kier alpha value is -2.15. The van der Waals surface area contributed by atoms with E-state index in [2.05, 4.69) is 15.3 Å². The second kappa shape index (κ2) is 5.09. The first-order chi connectivity index (χ1) is 9.29. The highest BCUT2D eigenvalue weighted by Crippen LogP contribution is 2.25. The van der Waals surface area contributed by atoms with Crippen LogP contribution in [0.15, 0.2) is 29.4 Å². The molecule has 0 spiro atoms. The van der Waals surface area contributed by atoms with Crippen LogP contribution < -0.4 is 11.1 Å². The van der Waals surface area contributed by atoms with Crippen molar-refractivity contribution < 1.29 is 8.42 Å². The maximum absolute atomic E-state index is 11.5. The van der Waals surface area contributed by atoms with Gasteiger partial charge in [-0.3, -0.25) is 0 Å². The molecule has 1 heterocycles. The van der Waals surface area contributed by atoms with E-state index >= 15 is 0 Å². The minimum atomic E-state index is -3.20. The Kier molecular flexibility index (Phi) is 3.63. The van der Waals surface area contributed by atoms with Gasteiger partial charge in [-0.1, -0.05) is 0 Å². The van der Waals surface area contributed by atoms with Crippen LogP contribution in [0.4, 0.5) is 17.3 Å². The predicted molar refractivity (Wildman–Crippen MR) is 78.8 cm³/mol. The molecule has 0 aliphatic rings. The zero-order chi connectivity index (χ0) is 14.9. The highest BCUT2D eigenvalue weighted by Gasteiger charge is 2.10. The molecule has 0 aliphatic carbocycles. The molecule has 3 N–H and O–H groups in total. The fraction of sp³-hybridized carbons (Fsp3) is 0.231. The summed E-state index contributed by atoms with van der Waals surface area (Å²) in [5, 5.41) is 3.13. The first-order valence-electron chi connectivity index (χ1n) is 5.94. The quantitative estimate of drug-likeness (QED) is 0.895. The standard InChI is InChI=1S/C13H16N4O2S/c1-8-6-10(20(3,18)19)4-5-11(8)17-13-9(2)12(14)15-7-16-13/h4-7H,1-3H3,(H3,14,15,16,17).